The largest absolute Gasteiger partial charge is 1.00 e. The first-order valence-electron chi connectivity index (χ1n) is 15.2. The van der Waals surface area contributed by atoms with E-state index in [1.807, 2.05) is 36.1 Å². The van der Waals surface area contributed by atoms with Gasteiger partial charge in [0.15, 0.2) is 23.9 Å². The van der Waals surface area contributed by atoms with E-state index in [4.69, 9.17) is 18.9 Å². The number of hydrogen-bond acceptors (Lipinski definition) is 6. The molecule has 1 aromatic carbocycles. The van der Waals surface area contributed by atoms with Crippen LogP contribution in [0, 0.1) is 0 Å². The lowest BCUT2D eigenvalue weighted by Gasteiger charge is -2.19. The molecule has 0 aliphatic heterocycles. The number of ether oxygens (including phenoxy) is 4. The van der Waals surface area contributed by atoms with Gasteiger partial charge in [-0.3, -0.25) is 4.79 Å². The number of amides is 2. The first kappa shape index (κ1) is 37.5. The third kappa shape index (κ3) is 14.1. The summed E-state index contributed by atoms with van der Waals surface area (Å²) in [6, 6.07) is 7.25. The van der Waals surface area contributed by atoms with Crippen molar-refractivity contribution in [2.24, 2.45) is 7.05 Å². The van der Waals surface area contributed by atoms with Gasteiger partial charge in [0.25, 0.3) is 0 Å². The number of benzene rings is 1. The van der Waals surface area contributed by atoms with Gasteiger partial charge in [0.2, 0.25) is 11.7 Å². The van der Waals surface area contributed by atoms with Crippen molar-refractivity contribution in [3.05, 3.63) is 47.8 Å². The molecular weight excluding hydrogens is 647 g/mol. The molecule has 8 nitrogen and oxygen atoms in total. The quantitative estimate of drug-likeness (QED) is 0.117. The van der Waals surface area contributed by atoms with Crippen LogP contribution in [0.1, 0.15) is 102 Å². The minimum Gasteiger partial charge on any atom is -1.00 e. The molecule has 0 saturated carbocycles. The molecule has 2 amide bonds. The highest BCUT2D eigenvalue weighted by Crippen LogP contribution is 2.39. The van der Waals surface area contributed by atoms with Crippen LogP contribution in [0.15, 0.2) is 36.7 Å². The van der Waals surface area contributed by atoms with E-state index in [9.17, 15) is 9.59 Å². The number of halogens is 1. The molecule has 2 rings (SSSR count). The number of unbranched alkanes of at least 4 members (excludes halogenated alkanes) is 11. The van der Waals surface area contributed by atoms with E-state index in [2.05, 4.69) is 6.92 Å². The Kier molecular flexibility index (Phi) is 19.7. The Bertz CT molecular complexity index is 1040. The molecule has 1 aromatic heterocycles. The van der Waals surface area contributed by atoms with Crippen molar-refractivity contribution >= 4 is 12.0 Å². The fraction of sp³-hybridized carbons (Fsp3) is 0.606. The molecule has 0 unspecified atom stereocenters. The maximum Gasteiger partial charge on any atom is 0.417 e. The molecule has 1 heterocycles. The minimum atomic E-state index is -0.714. The summed E-state index contributed by atoms with van der Waals surface area (Å²) in [5, 5.41) is 0. The van der Waals surface area contributed by atoms with Crippen molar-refractivity contribution < 1.29 is 57.1 Å². The number of aryl methyl sites for hydroxylation is 1. The lowest BCUT2D eigenvalue weighted by atomic mass is 10.1. The number of rotatable bonds is 20. The van der Waals surface area contributed by atoms with Crippen molar-refractivity contribution in [2.45, 2.75) is 104 Å². The minimum absolute atomic E-state index is 0. The first-order chi connectivity index (χ1) is 19.9. The Morgan fingerprint density at radius 3 is 1.88 bits per heavy atom. The first-order valence-corrected chi connectivity index (χ1v) is 15.2. The van der Waals surface area contributed by atoms with Gasteiger partial charge < -0.3 is 42.9 Å². The van der Waals surface area contributed by atoms with Crippen molar-refractivity contribution in [3.8, 4) is 17.2 Å². The van der Waals surface area contributed by atoms with Gasteiger partial charge in [-0.15, -0.1) is 0 Å². The number of carbonyl (C=O) groups is 2. The highest BCUT2D eigenvalue weighted by Gasteiger charge is 2.22. The summed E-state index contributed by atoms with van der Waals surface area (Å²) in [6.45, 7) is 4.26. The second-order valence-electron chi connectivity index (χ2n) is 10.6. The second kappa shape index (κ2) is 22.0. The predicted molar refractivity (Wildman–Crippen MR) is 160 cm³/mol. The van der Waals surface area contributed by atoms with Gasteiger partial charge in [0.05, 0.1) is 27.4 Å². The van der Waals surface area contributed by atoms with Gasteiger partial charge >= 0.3 is 6.09 Å². The third-order valence-corrected chi connectivity index (χ3v) is 7.07. The van der Waals surface area contributed by atoms with Crippen molar-refractivity contribution in [1.82, 2.24) is 4.90 Å². The number of pyridine rings is 1. The zero-order valence-corrected chi connectivity index (χ0v) is 28.5. The molecule has 0 atom stereocenters. The van der Waals surface area contributed by atoms with E-state index in [-0.39, 0.29) is 37.1 Å². The van der Waals surface area contributed by atoms with E-state index >= 15 is 0 Å². The third-order valence-electron chi connectivity index (χ3n) is 7.07. The van der Waals surface area contributed by atoms with Crippen LogP contribution in [0.3, 0.4) is 0 Å². The lowest BCUT2D eigenvalue weighted by Crippen LogP contribution is -3.00. The van der Waals surface area contributed by atoms with Gasteiger partial charge in [0.1, 0.15) is 13.7 Å². The molecule has 0 aliphatic carbocycles. The van der Waals surface area contributed by atoms with E-state index in [0.717, 1.165) is 23.3 Å². The average Bonchev–Trinajstić information content (AvgIpc) is 2.96. The van der Waals surface area contributed by atoms with Crippen LogP contribution in [-0.4, -0.2) is 37.7 Å². The van der Waals surface area contributed by atoms with Gasteiger partial charge in [0, 0.05) is 18.6 Å². The Balaban J connectivity index is 0.00000882. The van der Waals surface area contributed by atoms with E-state index in [0.29, 0.717) is 29.4 Å². The number of aromatic nitrogens is 1. The van der Waals surface area contributed by atoms with Crippen LogP contribution < -0.4 is 42.8 Å². The lowest BCUT2D eigenvalue weighted by molar-refractivity contribution is -0.672. The van der Waals surface area contributed by atoms with E-state index in [1.165, 1.54) is 71.1 Å². The number of hydrogen-bond donors (Lipinski definition) is 0. The maximum absolute atomic E-state index is 12.8. The summed E-state index contributed by atoms with van der Waals surface area (Å²) >= 11 is 0. The maximum atomic E-state index is 12.8. The van der Waals surface area contributed by atoms with E-state index < -0.39 is 12.0 Å². The second-order valence-corrected chi connectivity index (χ2v) is 10.6. The summed E-state index contributed by atoms with van der Waals surface area (Å²) in [5.74, 6) is 1.16. The summed E-state index contributed by atoms with van der Waals surface area (Å²) in [6.07, 6.45) is 18.5. The fourth-order valence-electron chi connectivity index (χ4n) is 4.73. The molecule has 0 spiro atoms. The normalized spacial score (nSPS) is 10.5. The van der Waals surface area contributed by atoms with Crippen LogP contribution >= 0.6 is 0 Å². The van der Waals surface area contributed by atoms with Crippen molar-refractivity contribution in [1.29, 1.82) is 0 Å². The van der Waals surface area contributed by atoms with Gasteiger partial charge in [-0.25, -0.2) is 14.3 Å². The molecule has 42 heavy (non-hydrogen) atoms. The Hall–Kier alpha value is -2.56. The molecule has 0 fully saturated rings. The van der Waals surface area contributed by atoms with Crippen LogP contribution in [0.5, 0.6) is 17.2 Å². The predicted octanol–water partition coefficient (Wildman–Crippen LogP) is 4.30. The zero-order valence-electron chi connectivity index (χ0n) is 26.3. The SMILES string of the molecule is CCCCCCCCCCCCCCOc1c(OC)cc(COC(=O)N(Cc2ccc[n+](C)c2)C(C)=O)cc1OC.[I-]. The topological polar surface area (TPSA) is 78.2 Å². The number of carbonyl (C=O) groups excluding carboxylic acids is 2. The molecular formula is C33H51IN2O6. The summed E-state index contributed by atoms with van der Waals surface area (Å²) < 4.78 is 24.5. The summed E-state index contributed by atoms with van der Waals surface area (Å²) in [7, 11) is 5.02. The van der Waals surface area contributed by atoms with E-state index in [1.54, 1.807) is 26.4 Å². The van der Waals surface area contributed by atoms with Gasteiger partial charge in [-0.1, -0.05) is 77.6 Å². The summed E-state index contributed by atoms with van der Waals surface area (Å²) in [5.41, 5.74) is 1.49. The number of imide groups is 1. The monoisotopic (exact) mass is 698 g/mol. The standard InChI is InChI=1S/C33H51N2O6.HI/c1-6-7-8-9-10-11-12-13-14-15-16-17-21-40-32-30(38-4)22-29(23-31(32)39-5)26-41-33(37)35(27(2)36)25-28-19-18-20-34(3)24-28;/h18-20,22-24H,6-17,21,25-26H2,1-5H3;1H/q+1;/p-1. The smallest absolute Gasteiger partial charge is 0.417 e. The molecule has 0 N–H and O–H groups in total. The van der Waals surface area contributed by atoms with Crippen LogP contribution in [-0.2, 0) is 29.7 Å². The fourth-order valence-corrected chi connectivity index (χ4v) is 4.73. The molecule has 0 bridgehead atoms. The molecule has 236 valence electrons. The van der Waals surface area contributed by atoms with Crippen molar-refractivity contribution in [3.63, 3.8) is 0 Å². The molecule has 9 heteroatoms. The highest BCUT2D eigenvalue weighted by molar-refractivity contribution is 5.90. The Morgan fingerprint density at radius 1 is 0.833 bits per heavy atom. The number of methoxy groups -OCH3 is 2. The van der Waals surface area contributed by atoms with Crippen molar-refractivity contribution in [2.75, 3.05) is 20.8 Å². The Labute approximate surface area is 270 Å². The highest BCUT2D eigenvalue weighted by atomic mass is 127. The molecule has 0 saturated heterocycles. The summed E-state index contributed by atoms with van der Waals surface area (Å²) in [4.78, 5) is 26.0. The molecule has 0 radical (unpaired) electrons. The van der Waals surface area contributed by atoms with Crippen LogP contribution in [0.2, 0.25) is 0 Å². The molecule has 0 aliphatic rings. The number of nitrogens with zero attached hydrogens (tertiary/aromatic N) is 2. The van der Waals surface area contributed by atoms with Crippen LogP contribution in [0.25, 0.3) is 0 Å². The Morgan fingerprint density at radius 2 is 1.38 bits per heavy atom. The van der Waals surface area contributed by atoms with Gasteiger partial charge in [-0.05, 0) is 30.2 Å². The van der Waals surface area contributed by atoms with Gasteiger partial charge in [-0.2, -0.15) is 0 Å². The average molecular weight is 699 g/mol. The van der Waals surface area contributed by atoms with Crippen LogP contribution in [0.4, 0.5) is 4.79 Å². The molecule has 2 aromatic rings. The zero-order chi connectivity index (χ0) is 29.9.